The first-order chi connectivity index (χ1) is 15.5. The lowest BCUT2D eigenvalue weighted by atomic mass is 9.75. The maximum absolute atomic E-state index is 13.1. The lowest BCUT2D eigenvalue weighted by Crippen LogP contribution is -2.50. The van der Waals surface area contributed by atoms with E-state index in [1.807, 2.05) is 34.1 Å². The highest BCUT2D eigenvalue weighted by Crippen LogP contribution is 2.37. The van der Waals surface area contributed by atoms with E-state index >= 15 is 0 Å². The van der Waals surface area contributed by atoms with Gasteiger partial charge in [0.25, 0.3) is 0 Å². The minimum atomic E-state index is -0.278. The van der Waals surface area contributed by atoms with Crippen molar-refractivity contribution < 1.29 is 19.1 Å². The van der Waals surface area contributed by atoms with Crippen molar-refractivity contribution in [2.24, 2.45) is 5.41 Å². The summed E-state index contributed by atoms with van der Waals surface area (Å²) in [6.45, 7) is 6.84. The third-order valence-corrected chi connectivity index (χ3v) is 7.24. The molecule has 0 radical (unpaired) electrons. The fourth-order valence-corrected chi connectivity index (χ4v) is 4.97. The van der Waals surface area contributed by atoms with Gasteiger partial charge in [0, 0.05) is 43.0 Å². The van der Waals surface area contributed by atoms with E-state index in [0.717, 1.165) is 31.7 Å². The summed E-state index contributed by atoms with van der Waals surface area (Å²) in [7, 11) is 0. The fraction of sp³-hybridized carbons (Fsp3) is 0.667. The zero-order chi connectivity index (χ0) is 22.4. The van der Waals surface area contributed by atoms with Crippen molar-refractivity contribution in [1.82, 2.24) is 14.7 Å². The van der Waals surface area contributed by atoms with Gasteiger partial charge in [0.15, 0.2) is 0 Å². The number of ether oxygens (including phenoxy) is 2. The van der Waals surface area contributed by atoms with Gasteiger partial charge < -0.3 is 19.3 Å². The van der Waals surface area contributed by atoms with Crippen molar-refractivity contribution in [2.45, 2.75) is 32.1 Å². The van der Waals surface area contributed by atoms with Crippen LogP contribution >= 0.6 is 11.6 Å². The Balaban J connectivity index is 1.38. The Labute approximate surface area is 195 Å². The molecule has 3 heterocycles. The van der Waals surface area contributed by atoms with E-state index in [1.165, 1.54) is 12.8 Å². The molecule has 3 fully saturated rings. The first kappa shape index (κ1) is 23.3. The van der Waals surface area contributed by atoms with Gasteiger partial charge in [-0.15, -0.1) is 0 Å². The van der Waals surface area contributed by atoms with Crippen LogP contribution in [0.2, 0.25) is 5.02 Å². The van der Waals surface area contributed by atoms with Gasteiger partial charge in [-0.25, -0.2) is 0 Å². The Bertz CT molecular complexity index is 768. The van der Waals surface area contributed by atoms with Gasteiger partial charge >= 0.3 is 0 Å². The number of hydrogen-bond acceptors (Lipinski definition) is 5. The molecule has 0 aliphatic carbocycles. The van der Waals surface area contributed by atoms with Crippen LogP contribution in [0, 0.1) is 5.41 Å². The van der Waals surface area contributed by atoms with Crippen LogP contribution in [0.3, 0.4) is 0 Å². The van der Waals surface area contributed by atoms with Crippen molar-refractivity contribution in [3.05, 3.63) is 29.3 Å². The number of morpholine rings is 1. The number of benzene rings is 1. The van der Waals surface area contributed by atoms with Crippen molar-refractivity contribution in [3.8, 4) is 5.75 Å². The van der Waals surface area contributed by atoms with Crippen LogP contribution in [-0.2, 0) is 14.3 Å². The first-order valence-corrected chi connectivity index (χ1v) is 12.1. The quantitative estimate of drug-likeness (QED) is 0.622. The SMILES string of the molecule is O=C(CN1CCCC1)N1CCC(COc2ccc(Cl)cc2)(CC(=O)N2CCOCC2)CC1. The van der Waals surface area contributed by atoms with E-state index < -0.39 is 0 Å². The third-order valence-electron chi connectivity index (χ3n) is 6.98. The third kappa shape index (κ3) is 6.15. The molecule has 3 aliphatic rings. The largest absolute Gasteiger partial charge is 0.493 e. The highest BCUT2D eigenvalue weighted by molar-refractivity contribution is 6.30. The second-order valence-corrected chi connectivity index (χ2v) is 9.71. The molecule has 0 N–H and O–H groups in total. The number of nitrogens with zero attached hydrogens (tertiary/aromatic N) is 3. The van der Waals surface area contributed by atoms with Crippen LogP contribution < -0.4 is 4.74 Å². The van der Waals surface area contributed by atoms with E-state index in [1.54, 1.807) is 0 Å². The average Bonchev–Trinajstić information content (AvgIpc) is 3.33. The summed E-state index contributed by atoms with van der Waals surface area (Å²) in [6, 6.07) is 7.33. The number of piperidine rings is 1. The molecule has 0 unspecified atom stereocenters. The van der Waals surface area contributed by atoms with Gasteiger partial charge in [-0.2, -0.15) is 0 Å². The van der Waals surface area contributed by atoms with Gasteiger partial charge in [-0.3, -0.25) is 14.5 Å². The molecule has 1 aromatic rings. The maximum atomic E-state index is 13.1. The van der Waals surface area contributed by atoms with Crippen molar-refractivity contribution in [3.63, 3.8) is 0 Å². The number of carbonyl (C=O) groups is 2. The number of amides is 2. The molecular formula is C24H34ClN3O4. The van der Waals surface area contributed by atoms with Crippen molar-refractivity contribution in [2.75, 3.05) is 65.6 Å². The standard InChI is InChI=1S/C24H34ClN3O4/c25-20-3-5-21(6-4-20)32-19-24(17-22(29)28-13-15-31-16-14-28)7-11-27(12-8-24)23(30)18-26-9-1-2-10-26/h3-6H,1-2,7-19H2. The lowest BCUT2D eigenvalue weighted by Gasteiger charge is -2.42. The average molecular weight is 464 g/mol. The van der Waals surface area contributed by atoms with Crippen LogP contribution in [0.4, 0.5) is 0 Å². The molecule has 176 valence electrons. The van der Waals surface area contributed by atoms with Gasteiger partial charge in [0.2, 0.25) is 11.8 Å². The Morgan fingerprint density at radius 2 is 1.53 bits per heavy atom. The molecule has 32 heavy (non-hydrogen) atoms. The van der Waals surface area contributed by atoms with Gasteiger partial charge in [0.05, 0.1) is 26.4 Å². The molecule has 0 aromatic heterocycles. The predicted octanol–water partition coefficient (Wildman–Crippen LogP) is 2.67. The van der Waals surface area contributed by atoms with Crippen LogP contribution in [0.25, 0.3) is 0 Å². The normalized spacial score (nSPS) is 21.5. The summed E-state index contributed by atoms with van der Waals surface area (Å²) in [5.74, 6) is 1.11. The Morgan fingerprint density at radius 3 is 2.19 bits per heavy atom. The summed E-state index contributed by atoms with van der Waals surface area (Å²) >= 11 is 5.99. The first-order valence-electron chi connectivity index (χ1n) is 11.8. The second kappa shape index (κ2) is 10.9. The van der Waals surface area contributed by atoms with Crippen LogP contribution in [0.5, 0.6) is 5.75 Å². The Hall–Kier alpha value is -1.83. The highest BCUT2D eigenvalue weighted by atomic mass is 35.5. The minimum absolute atomic E-state index is 0.157. The summed E-state index contributed by atoms with van der Waals surface area (Å²) in [6.07, 6.45) is 4.34. The van der Waals surface area contributed by atoms with Crippen molar-refractivity contribution >= 4 is 23.4 Å². The van der Waals surface area contributed by atoms with Crippen LogP contribution in [0.1, 0.15) is 32.1 Å². The zero-order valence-corrected chi connectivity index (χ0v) is 19.5. The summed E-state index contributed by atoms with van der Waals surface area (Å²) in [5, 5.41) is 0.666. The minimum Gasteiger partial charge on any atom is -0.493 e. The number of rotatable bonds is 7. The summed E-state index contributed by atoms with van der Waals surface area (Å²) < 4.78 is 11.5. The van der Waals surface area contributed by atoms with Gasteiger partial charge in [-0.1, -0.05) is 11.6 Å². The van der Waals surface area contributed by atoms with E-state index in [-0.39, 0.29) is 17.2 Å². The lowest BCUT2D eigenvalue weighted by molar-refractivity contribution is -0.141. The molecule has 0 spiro atoms. The van der Waals surface area contributed by atoms with Crippen LogP contribution in [-0.4, -0.2) is 92.1 Å². The van der Waals surface area contributed by atoms with Crippen molar-refractivity contribution in [1.29, 1.82) is 0 Å². The summed E-state index contributed by atoms with van der Waals surface area (Å²) in [4.78, 5) is 32.0. The number of halogens is 1. The molecule has 8 heteroatoms. The topological polar surface area (TPSA) is 62.3 Å². The smallest absolute Gasteiger partial charge is 0.236 e. The molecule has 0 atom stereocenters. The molecule has 7 nitrogen and oxygen atoms in total. The molecule has 0 saturated carbocycles. The van der Waals surface area contributed by atoms with E-state index in [9.17, 15) is 9.59 Å². The van der Waals surface area contributed by atoms with E-state index in [2.05, 4.69) is 4.90 Å². The second-order valence-electron chi connectivity index (χ2n) is 9.28. The number of hydrogen-bond donors (Lipinski definition) is 0. The number of carbonyl (C=O) groups excluding carboxylic acids is 2. The van der Waals surface area contributed by atoms with E-state index in [0.29, 0.717) is 64.0 Å². The Kier molecular flexibility index (Phi) is 7.92. The molecule has 0 bridgehead atoms. The predicted molar refractivity (Wildman–Crippen MR) is 123 cm³/mol. The molecule has 3 aliphatic heterocycles. The number of likely N-dealkylation sites (tertiary alicyclic amines) is 2. The van der Waals surface area contributed by atoms with Gasteiger partial charge in [-0.05, 0) is 63.0 Å². The molecule has 2 amide bonds. The molecular weight excluding hydrogens is 430 g/mol. The molecule has 3 saturated heterocycles. The Morgan fingerprint density at radius 1 is 0.906 bits per heavy atom. The molecule has 4 rings (SSSR count). The van der Waals surface area contributed by atoms with E-state index in [4.69, 9.17) is 21.1 Å². The van der Waals surface area contributed by atoms with Crippen LogP contribution in [0.15, 0.2) is 24.3 Å². The molecule has 1 aromatic carbocycles. The monoisotopic (exact) mass is 463 g/mol. The zero-order valence-electron chi connectivity index (χ0n) is 18.8. The highest BCUT2D eigenvalue weighted by Gasteiger charge is 2.40. The maximum Gasteiger partial charge on any atom is 0.236 e. The summed E-state index contributed by atoms with van der Waals surface area (Å²) in [5.41, 5.74) is -0.278. The fourth-order valence-electron chi connectivity index (χ4n) is 4.85. The van der Waals surface area contributed by atoms with Gasteiger partial charge in [0.1, 0.15) is 5.75 Å².